The molecule has 1 N–H and O–H groups in total. The van der Waals surface area contributed by atoms with E-state index in [2.05, 4.69) is 0 Å². The molecule has 1 aliphatic rings. The van der Waals surface area contributed by atoms with Gasteiger partial charge in [0.1, 0.15) is 6.10 Å². The van der Waals surface area contributed by atoms with Gasteiger partial charge in [-0.2, -0.15) is 0 Å². The Kier molecular flexibility index (Phi) is 5.29. The maximum atomic E-state index is 11.1. The molecule has 0 aromatic heterocycles. The number of para-hydroxylation sites is 1. The van der Waals surface area contributed by atoms with Gasteiger partial charge in [-0.25, -0.2) is 0 Å². The SMILES string of the molecule is COc1c(OC2CCCOC2)cccc1C(C)(C)CC(=O)O. The van der Waals surface area contributed by atoms with Crippen LogP contribution in [-0.2, 0) is 14.9 Å². The van der Waals surface area contributed by atoms with Gasteiger partial charge in [-0.3, -0.25) is 4.79 Å². The molecule has 5 heteroatoms. The first-order chi connectivity index (χ1) is 10.4. The second kappa shape index (κ2) is 7.01. The predicted molar refractivity (Wildman–Crippen MR) is 82.7 cm³/mol. The summed E-state index contributed by atoms with van der Waals surface area (Å²) < 4.78 is 17.0. The second-order valence-electron chi connectivity index (χ2n) is 6.25. The molecule has 1 aromatic carbocycles. The third-order valence-corrected chi connectivity index (χ3v) is 3.92. The van der Waals surface area contributed by atoms with Gasteiger partial charge in [-0.15, -0.1) is 0 Å². The Bertz CT molecular complexity index is 518. The highest BCUT2D eigenvalue weighted by Gasteiger charge is 2.29. The highest BCUT2D eigenvalue weighted by Crippen LogP contribution is 2.40. The van der Waals surface area contributed by atoms with Crippen LogP contribution >= 0.6 is 0 Å². The van der Waals surface area contributed by atoms with E-state index in [0.717, 1.165) is 25.0 Å². The number of benzene rings is 1. The van der Waals surface area contributed by atoms with Crippen molar-refractivity contribution in [2.45, 2.75) is 44.6 Å². The number of rotatable bonds is 6. The molecule has 0 saturated carbocycles. The monoisotopic (exact) mass is 308 g/mol. The fraction of sp³-hybridized carbons (Fsp3) is 0.588. The Labute approximate surface area is 131 Å². The van der Waals surface area contributed by atoms with Crippen molar-refractivity contribution in [2.75, 3.05) is 20.3 Å². The lowest BCUT2D eigenvalue weighted by atomic mass is 9.81. The summed E-state index contributed by atoms with van der Waals surface area (Å²) in [7, 11) is 1.58. The third-order valence-electron chi connectivity index (χ3n) is 3.92. The van der Waals surface area contributed by atoms with E-state index in [1.54, 1.807) is 7.11 Å². The van der Waals surface area contributed by atoms with Gasteiger partial charge in [0.25, 0.3) is 0 Å². The minimum atomic E-state index is -0.834. The zero-order chi connectivity index (χ0) is 16.2. The van der Waals surface area contributed by atoms with Crippen molar-refractivity contribution in [3.05, 3.63) is 23.8 Å². The summed E-state index contributed by atoms with van der Waals surface area (Å²) in [4.78, 5) is 11.1. The molecule has 2 rings (SSSR count). The number of ether oxygens (including phenoxy) is 3. The smallest absolute Gasteiger partial charge is 0.304 e. The molecule has 0 radical (unpaired) electrons. The third kappa shape index (κ3) is 3.91. The van der Waals surface area contributed by atoms with Crippen LogP contribution in [0, 0.1) is 0 Å². The van der Waals surface area contributed by atoms with Crippen LogP contribution in [0.5, 0.6) is 11.5 Å². The Morgan fingerprint density at radius 1 is 1.45 bits per heavy atom. The molecule has 1 atom stereocenters. The molecule has 5 nitrogen and oxygen atoms in total. The lowest BCUT2D eigenvalue weighted by Crippen LogP contribution is -2.28. The molecule has 22 heavy (non-hydrogen) atoms. The Morgan fingerprint density at radius 3 is 2.82 bits per heavy atom. The quantitative estimate of drug-likeness (QED) is 0.875. The van der Waals surface area contributed by atoms with Crippen LogP contribution in [0.3, 0.4) is 0 Å². The van der Waals surface area contributed by atoms with Crippen LogP contribution < -0.4 is 9.47 Å². The lowest BCUT2D eigenvalue weighted by molar-refractivity contribution is -0.138. The van der Waals surface area contributed by atoms with E-state index in [0.29, 0.717) is 18.1 Å². The molecular formula is C17H24O5. The predicted octanol–water partition coefficient (Wildman–Crippen LogP) is 3.01. The van der Waals surface area contributed by atoms with Crippen molar-refractivity contribution in [1.29, 1.82) is 0 Å². The zero-order valence-corrected chi connectivity index (χ0v) is 13.4. The largest absolute Gasteiger partial charge is 0.493 e. The minimum Gasteiger partial charge on any atom is -0.493 e. The zero-order valence-electron chi connectivity index (χ0n) is 13.4. The molecule has 1 unspecified atom stereocenters. The van der Waals surface area contributed by atoms with Gasteiger partial charge in [0.05, 0.1) is 20.1 Å². The number of methoxy groups -OCH3 is 1. The highest BCUT2D eigenvalue weighted by molar-refractivity contribution is 5.69. The topological polar surface area (TPSA) is 65.0 Å². The highest BCUT2D eigenvalue weighted by atomic mass is 16.5. The molecule has 1 heterocycles. The van der Waals surface area contributed by atoms with Gasteiger partial charge in [0, 0.05) is 17.6 Å². The number of carbonyl (C=O) groups is 1. The molecule has 0 amide bonds. The average Bonchev–Trinajstić information content (AvgIpc) is 2.47. The molecule has 1 aromatic rings. The van der Waals surface area contributed by atoms with Gasteiger partial charge in [-0.1, -0.05) is 26.0 Å². The maximum Gasteiger partial charge on any atom is 0.304 e. The van der Waals surface area contributed by atoms with Gasteiger partial charge >= 0.3 is 5.97 Å². The second-order valence-corrected chi connectivity index (χ2v) is 6.25. The van der Waals surface area contributed by atoms with Crippen molar-refractivity contribution in [3.63, 3.8) is 0 Å². The van der Waals surface area contributed by atoms with Crippen molar-refractivity contribution in [3.8, 4) is 11.5 Å². The Morgan fingerprint density at radius 2 is 2.23 bits per heavy atom. The Hall–Kier alpha value is -1.75. The molecular weight excluding hydrogens is 284 g/mol. The summed E-state index contributed by atoms with van der Waals surface area (Å²) >= 11 is 0. The fourth-order valence-corrected chi connectivity index (χ4v) is 2.81. The van der Waals surface area contributed by atoms with E-state index in [1.807, 2.05) is 32.0 Å². The van der Waals surface area contributed by atoms with Crippen LogP contribution in [0.1, 0.15) is 38.7 Å². The van der Waals surface area contributed by atoms with E-state index < -0.39 is 11.4 Å². The molecule has 1 aliphatic heterocycles. The molecule has 0 spiro atoms. The van der Waals surface area contributed by atoms with Crippen molar-refractivity contribution >= 4 is 5.97 Å². The summed E-state index contributed by atoms with van der Waals surface area (Å²) in [5.74, 6) is 0.423. The van der Waals surface area contributed by atoms with Crippen LogP contribution in [0.4, 0.5) is 0 Å². The Balaban J connectivity index is 2.28. The van der Waals surface area contributed by atoms with Gasteiger partial charge in [0.15, 0.2) is 11.5 Å². The summed E-state index contributed by atoms with van der Waals surface area (Å²) in [6.07, 6.45) is 1.98. The van der Waals surface area contributed by atoms with E-state index >= 15 is 0 Å². The van der Waals surface area contributed by atoms with E-state index in [-0.39, 0.29) is 12.5 Å². The standard InChI is InChI=1S/C17H24O5/c1-17(2,10-15(18)19)13-7-4-8-14(16(13)20-3)22-12-6-5-9-21-11-12/h4,7-8,12H,5-6,9-11H2,1-3H3,(H,18,19). The van der Waals surface area contributed by atoms with E-state index in [1.165, 1.54) is 0 Å². The van der Waals surface area contributed by atoms with Crippen LogP contribution in [-0.4, -0.2) is 37.5 Å². The number of carboxylic acids is 1. The summed E-state index contributed by atoms with van der Waals surface area (Å²) in [5.41, 5.74) is 0.297. The molecule has 122 valence electrons. The van der Waals surface area contributed by atoms with Crippen molar-refractivity contribution in [2.24, 2.45) is 0 Å². The molecule has 1 fully saturated rings. The van der Waals surface area contributed by atoms with Crippen LogP contribution in [0.2, 0.25) is 0 Å². The molecule has 0 aliphatic carbocycles. The first kappa shape index (κ1) is 16.6. The van der Waals surface area contributed by atoms with Gasteiger partial charge in [-0.05, 0) is 18.9 Å². The first-order valence-electron chi connectivity index (χ1n) is 7.57. The summed E-state index contributed by atoms with van der Waals surface area (Å²) in [6, 6.07) is 5.63. The molecule has 1 saturated heterocycles. The number of aliphatic carboxylic acids is 1. The minimum absolute atomic E-state index is 0.0143. The van der Waals surface area contributed by atoms with Crippen LogP contribution in [0.15, 0.2) is 18.2 Å². The van der Waals surface area contributed by atoms with E-state index in [4.69, 9.17) is 19.3 Å². The fourth-order valence-electron chi connectivity index (χ4n) is 2.81. The molecule has 0 bridgehead atoms. The van der Waals surface area contributed by atoms with Gasteiger partial charge < -0.3 is 19.3 Å². The van der Waals surface area contributed by atoms with Gasteiger partial charge in [0.2, 0.25) is 0 Å². The van der Waals surface area contributed by atoms with Crippen molar-refractivity contribution < 1.29 is 24.1 Å². The maximum absolute atomic E-state index is 11.1. The average molecular weight is 308 g/mol. The van der Waals surface area contributed by atoms with E-state index in [9.17, 15) is 4.79 Å². The normalized spacial score (nSPS) is 18.8. The number of carboxylic acid groups (broad SMARTS) is 1. The van der Waals surface area contributed by atoms with Crippen molar-refractivity contribution in [1.82, 2.24) is 0 Å². The number of hydrogen-bond donors (Lipinski definition) is 1. The number of hydrogen-bond acceptors (Lipinski definition) is 4. The first-order valence-corrected chi connectivity index (χ1v) is 7.57. The summed E-state index contributed by atoms with van der Waals surface area (Å²) in [5, 5.41) is 9.12. The summed E-state index contributed by atoms with van der Waals surface area (Å²) in [6.45, 7) is 5.15. The lowest BCUT2D eigenvalue weighted by Gasteiger charge is -2.28. The van der Waals surface area contributed by atoms with Crippen LogP contribution in [0.25, 0.3) is 0 Å².